The number of carbonyl (C=O) groups is 1. The van der Waals surface area contributed by atoms with E-state index >= 15 is 0 Å². The Balaban J connectivity index is 2.10. The Morgan fingerprint density at radius 1 is 1.25 bits per heavy atom. The number of hydrogen-bond donors (Lipinski definition) is 0. The molecule has 2 fully saturated rings. The minimum Gasteiger partial charge on any atom is -0.299 e. The van der Waals surface area contributed by atoms with Crippen LogP contribution < -0.4 is 0 Å². The fourth-order valence-corrected chi connectivity index (χ4v) is 5.49. The van der Waals surface area contributed by atoms with Crippen LogP contribution in [0.5, 0.6) is 0 Å². The van der Waals surface area contributed by atoms with Crippen LogP contribution in [0.4, 0.5) is 0 Å². The summed E-state index contributed by atoms with van der Waals surface area (Å²) >= 11 is 0. The van der Waals surface area contributed by atoms with Gasteiger partial charge in [0.2, 0.25) is 0 Å². The summed E-state index contributed by atoms with van der Waals surface area (Å²) in [6.07, 6.45) is 15.8. The summed E-state index contributed by atoms with van der Waals surface area (Å²) in [5.41, 5.74) is 1.46. The van der Waals surface area contributed by atoms with Crippen LogP contribution in [-0.2, 0) is 4.79 Å². The summed E-state index contributed by atoms with van der Waals surface area (Å²) in [5, 5.41) is 0. The van der Waals surface area contributed by atoms with E-state index in [1.54, 1.807) is 0 Å². The number of hydrogen-bond acceptors (Lipinski definition) is 1. The van der Waals surface area contributed by atoms with Gasteiger partial charge in [-0.1, -0.05) is 32.8 Å². The maximum Gasteiger partial charge on any atom is 0.138 e. The summed E-state index contributed by atoms with van der Waals surface area (Å²) in [6, 6.07) is 0. The zero-order valence-electron chi connectivity index (χ0n) is 13.1. The van der Waals surface area contributed by atoms with Crippen LogP contribution in [-0.4, -0.2) is 5.78 Å². The van der Waals surface area contributed by atoms with Crippen LogP contribution in [0.25, 0.3) is 0 Å². The molecular formula is C19H26O. The number of allylic oxidation sites excluding steroid dienone is 2. The standard InChI is InChI=1S/C19H26O/c1-5-19-11-7-6-8-15(19)18(4)12-10-16(20)17(2,3)14(18)9-13-19/h1,8,14H,6-7,9-13H2,2-4H3/t14?,18?,19-/m1/s1. The van der Waals surface area contributed by atoms with Gasteiger partial charge in [0, 0.05) is 11.8 Å². The lowest BCUT2D eigenvalue weighted by Crippen LogP contribution is -2.54. The molecule has 3 rings (SSSR count). The minimum absolute atomic E-state index is 0.0000321. The first kappa shape index (κ1) is 13.9. The zero-order valence-corrected chi connectivity index (χ0v) is 13.1. The highest BCUT2D eigenvalue weighted by atomic mass is 16.1. The summed E-state index contributed by atoms with van der Waals surface area (Å²) in [6.45, 7) is 6.70. The second-order valence-corrected chi connectivity index (χ2v) is 7.89. The highest BCUT2D eigenvalue weighted by molar-refractivity contribution is 5.85. The van der Waals surface area contributed by atoms with E-state index in [-0.39, 0.29) is 16.2 Å². The van der Waals surface area contributed by atoms with E-state index in [4.69, 9.17) is 6.42 Å². The monoisotopic (exact) mass is 270 g/mol. The molecule has 0 amide bonds. The smallest absolute Gasteiger partial charge is 0.138 e. The zero-order chi connectivity index (χ0) is 14.6. The first-order valence-corrected chi connectivity index (χ1v) is 8.09. The third-order valence-corrected chi connectivity index (χ3v) is 6.65. The predicted molar refractivity (Wildman–Crippen MR) is 82.1 cm³/mol. The molecule has 2 unspecified atom stereocenters. The van der Waals surface area contributed by atoms with E-state index in [0.717, 1.165) is 38.5 Å². The minimum atomic E-state index is -0.188. The SMILES string of the molecule is C#C[C@]12CCCC=C1C1(C)CCC(=O)C(C)(C)C1CC2. The lowest BCUT2D eigenvalue weighted by atomic mass is 9.44. The van der Waals surface area contributed by atoms with Crippen LogP contribution >= 0.6 is 0 Å². The van der Waals surface area contributed by atoms with Crippen LogP contribution in [0.2, 0.25) is 0 Å². The second-order valence-electron chi connectivity index (χ2n) is 7.89. The molecule has 20 heavy (non-hydrogen) atoms. The van der Waals surface area contributed by atoms with E-state index in [2.05, 4.69) is 32.8 Å². The molecule has 0 heterocycles. The molecule has 0 N–H and O–H groups in total. The topological polar surface area (TPSA) is 17.1 Å². The third-order valence-electron chi connectivity index (χ3n) is 6.65. The Labute approximate surface area is 123 Å². The maximum absolute atomic E-state index is 12.4. The van der Waals surface area contributed by atoms with Gasteiger partial charge in [0.15, 0.2) is 0 Å². The van der Waals surface area contributed by atoms with E-state index in [1.165, 1.54) is 12.0 Å². The molecule has 108 valence electrons. The van der Waals surface area contributed by atoms with Crippen LogP contribution in [0, 0.1) is 34.5 Å². The summed E-state index contributed by atoms with van der Waals surface area (Å²) < 4.78 is 0. The molecule has 1 heteroatoms. The Kier molecular flexibility index (Phi) is 2.95. The number of ketones is 1. The van der Waals surface area contributed by atoms with Crippen molar-refractivity contribution in [2.24, 2.45) is 22.2 Å². The van der Waals surface area contributed by atoms with Crippen molar-refractivity contribution in [2.75, 3.05) is 0 Å². The molecule has 0 saturated heterocycles. The van der Waals surface area contributed by atoms with Crippen molar-refractivity contribution in [3.8, 4) is 12.3 Å². The molecule has 3 atom stereocenters. The molecule has 0 aliphatic heterocycles. The maximum atomic E-state index is 12.4. The van der Waals surface area contributed by atoms with Gasteiger partial charge < -0.3 is 0 Å². The van der Waals surface area contributed by atoms with Crippen LogP contribution in [0.15, 0.2) is 11.6 Å². The van der Waals surface area contributed by atoms with Crippen molar-refractivity contribution in [2.45, 2.75) is 65.7 Å². The Morgan fingerprint density at radius 3 is 2.70 bits per heavy atom. The van der Waals surface area contributed by atoms with Gasteiger partial charge in [-0.05, 0) is 55.4 Å². The molecule has 2 saturated carbocycles. The molecule has 3 aliphatic carbocycles. The quantitative estimate of drug-likeness (QED) is 0.467. The molecule has 0 aromatic heterocycles. The van der Waals surface area contributed by atoms with Gasteiger partial charge in [-0.15, -0.1) is 6.42 Å². The number of rotatable bonds is 0. The molecule has 1 nitrogen and oxygen atoms in total. The fourth-order valence-electron chi connectivity index (χ4n) is 5.49. The summed E-state index contributed by atoms with van der Waals surface area (Å²) in [7, 11) is 0. The van der Waals surface area contributed by atoms with Crippen molar-refractivity contribution < 1.29 is 4.79 Å². The van der Waals surface area contributed by atoms with Gasteiger partial charge in [-0.2, -0.15) is 0 Å². The van der Waals surface area contributed by atoms with Crippen LogP contribution in [0.3, 0.4) is 0 Å². The normalized spacial score (nSPS) is 43.0. The van der Waals surface area contributed by atoms with E-state index in [1.807, 2.05) is 0 Å². The Hall–Kier alpha value is -1.03. The van der Waals surface area contributed by atoms with Gasteiger partial charge in [0.1, 0.15) is 5.78 Å². The first-order valence-electron chi connectivity index (χ1n) is 8.09. The molecule has 0 bridgehead atoms. The number of Topliss-reactive ketones (excluding diaryl/α,β-unsaturated/α-hetero) is 1. The summed E-state index contributed by atoms with van der Waals surface area (Å²) in [4.78, 5) is 12.4. The Bertz CT molecular complexity index is 518. The molecule has 3 aliphatic rings. The van der Waals surface area contributed by atoms with Crippen molar-refractivity contribution >= 4 is 5.78 Å². The van der Waals surface area contributed by atoms with Gasteiger partial charge in [0.25, 0.3) is 0 Å². The van der Waals surface area contributed by atoms with Gasteiger partial charge in [-0.25, -0.2) is 0 Å². The fraction of sp³-hybridized carbons (Fsp3) is 0.737. The van der Waals surface area contributed by atoms with Crippen molar-refractivity contribution in [3.05, 3.63) is 11.6 Å². The van der Waals surface area contributed by atoms with Crippen LogP contribution in [0.1, 0.15) is 65.7 Å². The highest BCUT2D eigenvalue weighted by Gasteiger charge is 2.58. The predicted octanol–water partition coefficient (Wildman–Crippen LogP) is 4.52. The number of carbonyl (C=O) groups excluding carboxylic acids is 1. The Morgan fingerprint density at radius 2 is 2.00 bits per heavy atom. The molecule has 0 spiro atoms. The lowest BCUT2D eigenvalue weighted by molar-refractivity contribution is -0.141. The lowest BCUT2D eigenvalue weighted by Gasteiger charge is -2.59. The average molecular weight is 270 g/mol. The molecule has 0 aromatic carbocycles. The number of terminal acetylenes is 1. The number of fused-ring (bicyclic) bond motifs is 3. The molecular weight excluding hydrogens is 244 g/mol. The van der Waals surface area contributed by atoms with Crippen molar-refractivity contribution in [1.29, 1.82) is 0 Å². The second kappa shape index (κ2) is 4.23. The first-order chi connectivity index (χ1) is 9.37. The third kappa shape index (κ3) is 1.60. The van der Waals surface area contributed by atoms with E-state index < -0.39 is 0 Å². The molecule has 0 aromatic rings. The van der Waals surface area contributed by atoms with Crippen molar-refractivity contribution in [1.82, 2.24) is 0 Å². The van der Waals surface area contributed by atoms with E-state index in [0.29, 0.717) is 11.7 Å². The highest BCUT2D eigenvalue weighted by Crippen LogP contribution is 2.65. The largest absolute Gasteiger partial charge is 0.299 e. The molecule has 0 radical (unpaired) electrons. The average Bonchev–Trinajstić information content (AvgIpc) is 2.43. The van der Waals surface area contributed by atoms with Gasteiger partial charge >= 0.3 is 0 Å². The van der Waals surface area contributed by atoms with Gasteiger partial charge in [0.05, 0.1) is 5.41 Å². The van der Waals surface area contributed by atoms with Gasteiger partial charge in [-0.3, -0.25) is 4.79 Å². The van der Waals surface area contributed by atoms with E-state index in [9.17, 15) is 4.79 Å². The van der Waals surface area contributed by atoms with Crippen molar-refractivity contribution in [3.63, 3.8) is 0 Å². The summed E-state index contributed by atoms with van der Waals surface area (Å²) in [5.74, 6) is 4.07.